The molecule has 2 unspecified atom stereocenters. The van der Waals surface area contributed by atoms with Crippen molar-refractivity contribution in [3.05, 3.63) is 70.9 Å². The van der Waals surface area contributed by atoms with Crippen LogP contribution in [0.3, 0.4) is 0 Å². The summed E-state index contributed by atoms with van der Waals surface area (Å²) in [6.45, 7) is 5.91. The molecule has 3 heteroatoms. The number of carbonyl (C=O) groups excluding carboxylic acids is 1. The minimum atomic E-state index is 0.189. The van der Waals surface area contributed by atoms with E-state index in [1.165, 1.54) is 47.2 Å². The minimum Gasteiger partial charge on any atom is -0.335 e. The highest BCUT2D eigenvalue weighted by Gasteiger charge is 2.35. The van der Waals surface area contributed by atoms with Crippen molar-refractivity contribution in [3.63, 3.8) is 0 Å². The largest absolute Gasteiger partial charge is 0.335 e. The van der Waals surface area contributed by atoms with Gasteiger partial charge in [0.25, 0.3) is 0 Å². The Labute approximate surface area is 147 Å². The van der Waals surface area contributed by atoms with Gasteiger partial charge in [-0.1, -0.05) is 42.0 Å². The third kappa shape index (κ3) is 2.34. The van der Waals surface area contributed by atoms with Gasteiger partial charge in [-0.05, 0) is 37.6 Å². The third-order valence-corrected chi connectivity index (χ3v) is 5.82. The van der Waals surface area contributed by atoms with Crippen LogP contribution in [0, 0.1) is 6.92 Å². The summed E-state index contributed by atoms with van der Waals surface area (Å²) in [5, 5.41) is 1.36. The smallest absolute Gasteiger partial charge is 0.182 e. The van der Waals surface area contributed by atoms with Crippen molar-refractivity contribution in [1.29, 1.82) is 0 Å². The molecule has 3 aromatic rings. The van der Waals surface area contributed by atoms with Gasteiger partial charge >= 0.3 is 0 Å². The van der Waals surface area contributed by atoms with Crippen molar-refractivity contribution in [2.45, 2.75) is 32.4 Å². The van der Waals surface area contributed by atoms with Gasteiger partial charge in [-0.25, -0.2) is 0 Å². The van der Waals surface area contributed by atoms with E-state index in [1.807, 2.05) is 30.3 Å². The van der Waals surface area contributed by atoms with Crippen molar-refractivity contribution >= 4 is 16.7 Å². The van der Waals surface area contributed by atoms with Crippen molar-refractivity contribution in [3.8, 4) is 0 Å². The second-order valence-corrected chi connectivity index (χ2v) is 7.48. The molecule has 5 rings (SSSR count). The van der Waals surface area contributed by atoms with E-state index < -0.39 is 0 Å². The van der Waals surface area contributed by atoms with E-state index in [9.17, 15) is 4.79 Å². The molecule has 0 N–H and O–H groups in total. The predicted molar refractivity (Wildman–Crippen MR) is 100 cm³/mol. The van der Waals surface area contributed by atoms with Crippen LogP contribution >= 0.6 is 0 Å². The van der Waals surface area contributed by atoms with Crippen molar-refractivity contribution in [2.75, 3.05) is 13.1 Å². The number of fused-ring (bicyclic) bond motifs is 6. The summed E-state index contributed by atoms with van der Waals surface area (Å²) in [5.41, 5.74) is 6.17. The molecule has 3 heterocycles. The van der Waals surface area contributed by atoms with Crippen LogP contribution in [0.25, 0.3) is 10.9 Å². The molecule has 0 saturated carbocycles. The Morgan fingerprint density at radius 2 is 2.00 bits per heavy atom. The summed E-state index contributed by atoms with van der Waals surface area (Å²) in [5.74, 6) is 0.815. The highest BCUT2D eigenvalue weighted by Crippen LogP contribution is 2.42. The first-order valence-corrected chi connectivity index (χ1v) is 9.13. The molecule has 1 saturated heterocycles. The molecular formula is C22H22N2O. The van der Waals surface area contributed by atoms with Gasteiger partial charge in [0.1, 0.15) is 0 Å². The maximum Gasteiger partial charge on any atom is 0.182 e. The Morgan fingerprint density at radius 1 is 1.16 bits per heavy atom. The van der Waals surface area contributed by atoms with Gasteiger partial charge in [0.15, 0.2) is 5.78 Å². The van der Waals surface area contributed by atoms with Gasteiger partial charge < -0.3 is 4.57 Å². The van der Waals surface area contributed by atoms with E-state index in [4.69, 9.17) is 0 Å². The van der Waals surface area contributed by atoms with Gasteiger partial charge in [0, 0.05) is 41.2 Å². The van der Waals surface area contributed by atoms with Crippen LogP contribution in [0.5, 0.6) is 0 Å². The highest BCUT2D eigenvalue weighted by molar-refractivity contribution is 5.97. The SMILES string of the molecule is Cc1ccc2c(c1)c1c(n2CC(=O)c2ccccc2)CN2CCC1C2. The second-order valence-electron chi connectivity index (χ2n) is 7.48. The number of aromatic nitrogens is 1. The first-order chi connectivity index (χ1) is 12.2. The lowest BCUT2D eigenvalue weighted by atomic mass is 9.93. The number of hydrogen-bond acceptors (Lipinski definition) is 2. The zero-order chi connectivity index (χ0) is 17.0. The summed E-state index contributed by atoms with van der Waals surface area (Å²) < 4.78 is 2.28. The predicted octanol–water partition coefficient (Wildman–Crippen LogP) is 4.14. The molecule has 0 radical (unpaired) electrons. The van der Waals surface area contributed by atoms with Crippen LogP contribution in [0.2, 0.25) is 0 Å². The molecule has 2 aliphatic rings. The Hall–Kier alpha value is -2.39. The molecule has 2 atom stereocenters. The van der Waals surface area contributed by atoms with Gasteiger partial charge in [0.2, 0.25) is 0 Å². The van der Waals surface area contributed by atoms with E-state index in [0.29, 0.717) is 12.5 Å². The normalized spacial score (nSPS) is 21.5. The molecule has 1 aromatic heterocycles. The molecule has 25 heavy (non-hydrogen) atoms. The van der Waals surface area contributed by atoms with E-state index in [-0.39, 0.29) is 5.78 Å². The van der Waals surface area contributed by atoms with Gasteiger partial charge in [-0.2, -0.15) is 0 Å². The average molecular weight is 330 g/mol. The van der Waals surface area contributed by atoms with Crippen LogP contribution in [0.15, 0.2) is 48.5 Å². The minimum absolute atomic E-state index is 0.189. The topological polar surface area (TPSA) is 25.2 Å². The van der Waals surface area contributed by atoms with Crippen LogP contribution in [0.4, 0.5) is 0 Å². The number of carbonyl (C=O) groups is 1. The highest BCUT2D eigenvalue weighted by atomic mass is 16.1. The Balaban J connectivity index is 1.66. The van der Waals surface area contributed by atoms with Crippen LogP contribution in [-0.2, 0) is 13.1 Å². The molecule has 3 nitrogen and oxygen atoms in total. The van der Waals surface area contributed by atoms with E-state index in [1.54, 1.807) is 0 Å². The molecule has 2 bridgehead atoms. The first-order valence-electron chi connectivity index (χ1n) is 9.13. The molecule has 0 aliphatic carbocycles. The van der Waals surface area contributed by atoms with Crippen molar-refractivity contribution in [1.82, 2.24) is 9.47 Å². The van der Waals surface area contributed by atoms with Crippen LogP contribution in [-0.4, -0.2) is 28.3 Å². The molecule has 0 amide bonds. The zero-order valence-electron chi connectivity index (χ0n) is 14.5. The Kier molecular flexibility index (Phi) is 3.32. The fraction of sp³-hybridized carbons (Fsp3) is 0.318. The molecule has 2 aliphatic heterocycles. The summed E-state index contributed by atoms with van der Waals surface area (Å²) in [6.07, 6.45) is 1.24. The van der Waals surface area contributed by atoms with E-state index in [0.717, 1.165) is 12.1 Å². The molecule has 1 fully saturated rings. The lowest BCUT2D eigenvalue weighted by Crippen LogP contribution is -2.27. The maximum atomic E-state index is 12.9. The zero-order valence-corrected chi connectivity index (χ0v) is 14.5. The number of aryl methyl sites for hydroxylation is 1. The average Bonchev–Trinajstić information content (AvgIpc) is 3.15. The quantitative estimate of drug-likeness (QED) is 0.675. The summed E-state index contributed by atoms with van der Waals surface area (Å²) in [4.78, 5) is 15.4. The third-order valence-electron chi connectivity index (χ3n) is 5.82. The van der Waals surface area contributed by atoms with Gasteiger partial charge in [-0.3, -0.25) is 9.69 Å². The van der Waals surface area contributed by atoms with Gasteiger partial charge in [0.05, 0.1) is 6.54 Å². The van der Waals surface area contributed by atoms with Crippen LogP contribution < -0.4 is 0 Å². The maximum absolute atomic E-state index is 12.9. The fourth-order valence-electron chi connectivity index (χ4n) is 4.64. The lowest BCUT2D eigenvalue weighted by molar-refractivity contribution is 0.0971. The number of ketones is 1. The van der Waals surface area contributed by atoms with E-state index in [2.05, 4.69) is 34.6 Å². The number of benzene rings is 2. The fourth-order valence-corrected chi connectivity index (χ4v) is 4.64. The standard InChI is InChI=1S/C22H22N2O/c1-15-7-8-19-18(11-15)22-17-9-10-23(12-17)13-20(22)24(19)14-21(25)16-5-3-2-4-6-16/h2-8,11,17H,9-10,12-14H2,1H3. The Morgan fingerprint density at radius 3 is 2.84 bits per heavy atom. The molecule has 2 aromatic carbocycles. The van der Waals surface area contributed by atoms with E-state index >= 15 is 0 Å². The van der Waals surface area contributed by atoms with Crippen LogP contribution in [0.1, 0.15) is 39.5 Å². The molecule has 126 valence electrons. The number of hydrogen-bond donors (Lipinski definition) is 0. The number of Topliss-reactive ketones (excluding diaryl/α,β-unsaturated/α-hetero) is 1. The summed E-state index contributed by atoms with van der Waals surface area (Å²) in [7, 11) is 0. The Bertz CT molecular complexity index is 971. The number of nitrogens with zero attached hydrogens (tertiary/aromatic N) is 2. The monoisotopic (exact) mass is 330 g/mol. The summed E-state index contributed by atoms with van der Waals surface area (Å²) in [6, 6.07) is 16.3. The van der Waals surface area contributed by atoms with Gasteiger partial charge in [-0.15, -0.1) is 0 Å². The van der Waals surface area contributed by atoms with Crippen molar-refractivity contribution < 1.29 is 4.79 Å². The lowest BCUT2D eigenvalue weighted by Gasteiger charge is -2.24. The number of rotatable bonds is 3. The molecule has 0 spiro atoms. The molecular weight excluding hydrogens is 308 g/mol. The second kappa shape index (κ2) is 5.57. The summed E-state index contributed by atoms with van der Waals surface area (Å²) >= 11 is 0. The van der Waals surface area contributed by atoms with Crippen molar-refractivity contribution in [2.24, 2.45) is 0 Å². The first kappa shape index (κ1) is 14.9.